The number of amides is 1. The van der Waals surface area contributed by atoms with Crippen molar-refractivity contribution in [1.29, 1.82) is 0 Å². The first-order valence-electron chi connectivity index (χ1n) is 5.20. The van der Waals surface area contributed by atoms with Gasteiger partial charge in [-0.2, -0.15) is 0 Å². The molecule has 5 heteroatoms. The summed E-state index contributed by atoms with van der Waals surface area (Å²) in [6.45, 7) is 0.236. The summed E-state index contributed by atoms with van der Waals surface area (Å²) in [7, 11) is 0. The van der Waals surface area contributed by atoms with Crippen LogP contribution in [0, 0.1) is 5.92 Å². The smallest absolute Gasteiger partial charge is 0.231 e. The summed E-state index contributed by atoms with van der Waals surface area (Å²) in [4.78, 5) is 11.6. The van der Waals surface area contributed by atoms with Crippen molar-refractivity contribution in [3.8, 4) is 11.5 Å². The highest BCUT2D eigenvalue weighted by Gasteiger charge is 2.40. The van der Waals surface area contributed by atoms with Gasteiger partial charge in [0.05, 0.1) is 5.92 Å². The standard InChI is InChI=1S/C11H12N2O3/c12-8-4-7(8)11(14)13-6-1-2-9-10(3-6)16-5-15-9/h1-3,7-8H,4-5,12H2,(H,13,14). The number of nitrogens with one attached hydrogen (secondary N) is 1. The molecule has 1 aliphatic heterocycles. The molecule has 5 nitrogen and oxygen atoms in total. The van der Waals surface area contributed by atoms with Crippen LogP contribution < -0.4 is 20.5 Å². The zero-order valence-corrected chi connectivity index (χ0v) is 8.60. The fourth-order valence-corrected chi connectivity index (χ4v) is 1.73. The molecule has 1 aromatic carbocycles. The Morgan fingerprint density at radius 1 is 1.38 bits per heavy atom. The first-order valence-corrected chi connectivity index (χ1v) is 5.20. The van der Waals surface area contributed by atoms with Crippen LogP contribution >= 0.6 is 0 Å². The zero-order chi connectivity index (χ0) is 11.1. The Kier molecular flexibility index (Phi) is 2.00. The molecule has 84 valence electrons. The van der Waals surface area contributed by atoms with E-state index in [1.54, 1.807) is 18.2 Å². The highest BCUT2D eigenvalue weighted by Crippen LogP contribution is 2.35. The van der Waals surface area contributed by atoms with Gasteiger partial charge in [-0.1, -0.05) is 0 Å². The van der Waals surface area contributed by atoms with Crippen LogP contribution in [0.3, 0.4) is 0 Å². The van der Waals surface area contributed by atoms with Crippen molar-refractivity contribution >= 4 is 11.6 Å². The molecule has 0 saturated heterocycles. The maximum atomic E-state index is 11.6. The zero-order valence-electron chi connectivity index (χ0n) is 8.60. The molecule has 1 aliphatic carbocycles. The summed E-state index contributed by atoms with van der Waals surface area (Å²) in [5.74, 6) is 1.32. The SMILES string of the molecule is NC1CC1C(=O)Nc1ccc2c(c1)OCO2. The van der Waals surface area contributed by atoms with E-state index in [9.17, 15) is 4.79 Å². The Morgan fingerprint density at radius 3 is 2.88 bits per heavy atom. The third kappa shape index (κ3) is 1.59. The number of benzene rings is 1. The lowest BCUT2D eigenvalue weighted by Gasteiger charge is -2.05. The van der Waals surface area contributed by atoms with E-state index < -0.39 is 0 Å². The van der Waals surface area contributed by atoms with Crippen molar-refractivity contribution in [2.45, 2.75) is 12.5 Å². The van der Waals surface area contributed by atoms with Crippen LogP contribution in [0.25, 0.3) is 0 Å². The molecule has 0 aromatic heterocycles. The quantitative estimate of drug-likeness (QED) is 0.769. The highest BCUT2D eigenvalue weighted by atomic mass is 16.7. The van der Waals surface area contributed by atoms with Crippen molar-refractivity contribution in [3.63, 3.8) is 0 Å². The minimum atomic E-state index is -0.0366. The van der Waals surface area contributed by atoms with E-state index in [4.69, 9.17) is 15.2 Å². The number of carbonyl (C=O) groups is 1. The maximum Gasteiger partial charge on any atom is 0.231 e. The van der Waals surface area contributed by atoms with Crippen molar-refractivity contribution in [2.75, 3.05) is 12.1 Å². The van der Waals surface area contributed by atoms with Gasteiger partial charge in [-0.3, -0.25) is 4.79 Å². The van der Waals surface area contributed by atoms with Gasteiger partial charge in [0.15, 0.2) is 11.5 Å². The molecule has 2 unspecified atom stereocenters. The van der Waals surface area contributed by atoms with Crippen molar-refractivity contribution in [3.05, 3.63) is 18.2 Å². The third-order valence-corrected chi connectivity index (χ3v) is 2.82. The Bertz CT molecular complexity index is 447. The molecular weight excluding hydrogens is 208 g/mol. The summed E-state index contributed by atoms with van der Waals surface area (Å²) >= 11 is 0. The Morgan fingerprint density at radius 2 is 2.12 bits per heavy atom. The predicted molar refractivity (Wildman–Crippen MR) is 57.3 cm³/mol. The van der Waals surface area contributed by atoms with Crippen LogP contribution in [0.2, 0.25) is 0 Å². The van der Waals surface area contributed by atoms with E-state index >= 15 is 0 Å². The van der Waals surface area contributed by atoms with Crippen LogP contribution in [0.15, 0.2) is 18.2 Å². The second kappa shape index (κ2) is 3.38. The van der Waals surface area contributed by atoms with E-state index in [0.717, 1.165) is 6.42 Å². The molecule has 2 aliphatic rings. The molecule has 3 N–H and O–H groups in total. The molecule has 1 heterocycles. The Hall–Kier alpha value is -1.75. The van der Waals surface area contributed by atoms with Crippen LogP contribution in [0.5, 0.6) is 11.5 Å². The van der Waals surface area contributed by atoms with Gasteiger partial charge in [-0.15, -0.1) is 0 Å². The van der Waals surface area contributed by atoms with Gasteiger partial charge >= 0.3 is 0 Å². The number of rotatable bonds is 2. The molecule has 0 spiro atoms. The number of ether oxygens (including phenoxy) is 2. The van der Waals surface area contributed by atoms with E-state index in [1.807, 2.05) is 0 Å². The second-order valence-electron chi connectivity index (χ2n) is 4.06. The molecule has 1 amide bonds. The normalized spacial score (nSPS) is 25.3. The largest absolute Gasteiger partial charge is 0.454 e. The molecular formula is C11H12N2O3. The monoisotopic (exact) mass is 220 g/mol. The second-order valence-corrected chi connectivity index (χ2v) is 4.06. The first-order chi connectivity index (χ1) is 7.74. The van der Waals surface area contributed by atoms with Crippen LogP contribution in [0.1, 0.15) is 6.42 Å². The predicted octanol–water partition coefficient (Wildman–Crippen LogP) is 0.701. The topological polar surface area (TPSA) is 73.6 Å². The summed E-state index contributed by atoms with van der Waals surface area (Å²) in [6, 6.07) is 5.35. The van der Waals surface area contributed by atoms with Crippen molar-refractivity contribution < 1.29 is 14.3 Å². The van der Waals surface area contributed by atoms with E-state index in [0.29, 0.717) is 17.2 Å². The molecule has 1 fully saturated rings. The number of anilines is 1. The molecule has 1 aromatic rings. The maximum absolute atomic E-state index is 11.6. The summed E-state index contributed by atoms with van der Waals surface area (Å²) in [5.41, 5.74) is 6.32. The molecule has 1 saturated carbocycles. The number of fused-ring (bicyclic) bond motifs is 1. The van der Waals surface area contributed by atoms with Crippen LogP contribution in [0.4, 0.5) is 5.69 Å². The molecule has 16 heavy (non-hydrogen) atoms. The molecule has 2 atom stereocenters. The minimum absolute atomic E-state index is 0.0219. The summed E-state index contributed by atoms with van der Waals surface area (Å²) < 4.78 is 10.4. The lowest BCUT2D eigenvalue weighted by molar-refractivity contribution is -0.117. The number of nitrogens with two attached hydrogens (primary N) is 1. The molecule has 0 radical (unpaired) electrons. The van der Waals surface area contributed by atoms with Crippen LogP contribution in [-0.4, -0.2) is 18.7 Å². The van der Waals surface area contributed by atoms with Gasteiger partial charge < -0.3 is 20.5 Å². The average molecular weight is 220 g/mol. The van der Waals surface area contributed by atoms with Crippen molar-refractivity contribution in [2.24, 2.45) is 11.7 Å². The number of carbonyl (C=O) groups excluding carboxylic acids is 1. The van der Waals surface area contributed by atoms with Gasteiger partial charge in [0, 0.05) is 17.8 Å². The van der Waals surface area contributed by atoms with Gasteiger partial charge in [-0.05, 0) is 18.6 Å². The first kappa shape index (κ1) is 9.47. The number of hydrogen-bond donors (Lipinski definition) is 2. The Balaban J connectivity index is 1.73. The average Bonchev–Trinajstić information content (AvgIpc) is 2.83. The minimum Gasteiger partial charge on any atom is -0.454 e. The van der Waals surface area contributed by atoms with E-state index in [2.05, 4.69) is 5.32 Å². The lowest BCUT2D eigenvalue weighted by atomic mass is 10.2. The van der Waals surface area contributed by atoms with Crippen molar-refractivity contribution in [1.82, 2.24) is 0 Å². The summed E-state index contributed by atoms with van der Waals surface area (Å²) in [5, 5.41) is 2.81. The van der Waals surface area contributed by atoms with Gasteiger partial charge in [-0.25, -0.2) is 0 Å². The molecule has 0 bridgehead atoms. The van der Waals surface area contributed by atoms with E-state index in [1.165, 1.54) is 0 Å². The van der Waals surface area contributed by atoms with Crippen LogP contribution in [-0.2, 0) is 4.79 Å². The van der Waals surface area contributed by atoms with Gasteiger partial charge in [0.1, 0.15) is 0 Å². The third-order valence-electron chi connectivity index (χ3n) is 2.82. The summed E-state index contributed by atoms with van der Waals surface area (Å²) in [6.07, 6.45) is 0.774. The van der Waals surface area contributed by atoms with Gasteiger partial charge in [0.25, 0.3) is 0 Å². The fourth-order valence-electron chi connectivity index (χ4n) is 1.73. The van der Waals surface area contributed by atoms with Gasteiger partial charge in [0.2, 0.25) is 12.7 Å². The lowest BCUT2D eigenvalue weighted by Crippen LogP contribution is -2.18. The number of hydrogen-bond acceptors (Lipinski definition) is 4. The van der Waals surface area contributed by atoms with E-state index in [-0.39, 0.29) is 24.7 Å². The molecule has 3 rings (SSSR count). The Labute approximate surface area is 92.5 Å². The highest BCUT2D eigenvalue weighted by molar-refractivity contribution is 5.95. The fraction of sp³-hybridized carbons (Fsp3) is 0.364.